The van der Waals surface area contributed by atoms with Crippen LogP contribution in [0.4, 0.5) is 10.2 Å². The Balaban J connectivity index is 1.57. The number of aryl methyl sites for hydroxylation is 1. The lowest BCUT2D eigenvalue weighted by atomic mass is 10.0. The number of nitrogens with two attached hydrogens (primary N) is 1. The molecule has 3 aromatic heterocycles. The highest BCUT2D eigenvalue weighted by Gasteiger charge is 2.22. The van der Waals surface area contributed by atoms with Gasteiger partial charge in [0.15, 0.2) is 28.5 Å². The minimum absolute atomic E-state index is 0.0393. The quantitative estimate of drug-likeness (QED) is 0.287. The van der Waals surface area contributed by atoms with E-state index in [1.54, 1.807) is 11.3 Å². The number of imidazole rings is 1. The van der Waals surface area contributed by atoms with Crippen molar-refractivity contribution in [3.05, 3.63) is 46.6 Å². The number of ether oxygens (including phenoxy) is 2. The summed E-state index contributed by atoms with van der Waals surface area (Å²) in [5, 5.41) is 3.43. The van der Waals surface area contributed by atoms with E-state index in [-0.39, 0.29) is 12.6 Å². The molecule has 0 aliphatic carbocycles. The maximum atomic E-state index is 14.1. The molecule has 0 atom stereocenters. The molecule has 1 aromatic carbocycles. The molecule has 4 aromatic rings. The summed E-state index contributed by atoms with van der Waals surface area (Å²) in [6, 6.07) is 8.23. The number of nitrogens with zero attached hydrogens (tertiary/aromatic N) is 4. The van der Waals surface area contributed by atoms with Crippen LogP contribution in [0.1, 0.15) is 30.1 Å². The molecule has 4 heterocycles. The average molecular weight is 483 g/mol. The van der Waals surface area contributed by atoms with Gasteiger partial charge in [-0.15, -0.1) is 11.3 Å². The van der Waals surface area contributed by atoms with Gasteiger partial charge in [-0.3, -0.25) is 0 Å². The molecule has 0 saturated carbocycles. The smallest absolute Gasteiger partial charge is 0.312 e. The summed E-state index contributed by atoms with van der Waals surface area (Å²) >= 11 is 1.72. The minimum Gasteiger partial charge on any atom is -0.454 e. The van der Waals surface area contributed by atoms with Crippen molar-refractivity contribution in [1.29, 1.82) is 0 Å². The number of hydrogen-bond acceptors (Lipinski definition) is 8. The van der Waals surface area contributed by atoms with E-state index in [1.165, 1.54) is 4.88 Å². The fraction of sp³-hybridized carbons (Fsp3) is 0.375. The normalized spacial score (nSPS) is 12.9. The number of aromatic nitrogens is 4. The van der Waals surface area contributed by atoms with Crippen molar-refractivity contribution in [3.63, 3.8) is 0 Å². The summed E-state index contributed by atoms with van der Waals surface area (Å²) in [6.07, 6.45) is -0.365. The fourth-order valence-corrected chi connectivity index (χ4v) is 5.02. The van der Waals surface area contributed by atoms with Crippen LogP contribution in [0.2, 0.25) is 0 Å². The second-order valence-electron chi connectivity index (χ2n) is 8.78. The fourth-order valence-electron chi connectivity index (χ4n) is 4.10. The summed E-state index contributed by atoms with van der Waals surface area (Å²) in [5.74, 6) is 2.74. The van der Waals surface area contributed by atoms with Gasteiger partial charge >= 0.3 is 6.08 Å². The summed E-state index contributed by atoms with van der Waals surface area (Å²) in [5.41, 5.74) is 8.91. The van der Waals surface area contributed by atoms with Gasteiger partial charge in [0, 0.05) is 29.3 Å². The van der Waals surface area contributed by atoms with Crippen LogP contribution in [-0.2, 0) is 13.0 Å². The van der Waals surface area contributed by atoms with E-state index >= 15 is 0 Å². The molecule has 0 amide bonds. The number of anilines is 1. The van der Waals surface area contributed by atoms with Gasteiger partial charge in [0.05, 0.1) is 0 Å². The van der Waals surface area contributed by atoms with Crippen LogP contribution in [-0.4, -0.2) is 39.4 Å². The maximum Gasteiger partial charge on any atom is 0.312 e. The van der Waals surface area contributed by atoms with Gasteiger partial charge in [0.1, 0.15) is 5.82 Å². The van der Waals surface area contributed by atoms with Gasteiger partial charge in [-0.05, 0) is 54.8 Å². The van der Waals surface area contributed by atoms with Crippen molar-refractivity contribution in [2.75, 3.05) is 25.6 Å². The van der Waals surface area contributed by atoms with Crippen molar-refractivity contribution in [2.45, 2.75) is 33.7 Å². The molecule has 1 aliphatic heterocycles. The standard InChI is InChI=1S/C24H27FN6O2S/c1-13(2)11-27-6-7-31-20(28-21-22(26)29-24(25)30-23(21)31)9-15-8-17-18(33-12-32-17)10-16(15)19-5-4-14(3)34-19/h4-5,8,10,13,27H,6-7,9,11-12H2,1-3H3,(H2,26,29,30). The predicted octanol–water partition coefficient (Wildman–Crippen LogP) is 4.15. The van der Waals surface area contributed by atoms with E-state index in [9.17, 15) is 4.39 Å². The summed E-state index contributed by atoms with van der Waals surface area (Å²) in [6.45, 7) is 8.75. The van der Waals surface area contributed by atoms with Gasteiger partial charge in [0.2, 0.25) is 6.79 Å². The molecule has 3 N–H and O–H groups in total. The maximum absolute atomic E-state index is 14.1. The molecule has 5 rings (SSSR count). The molecule has 1 aliphatic rings. The first-order valence-electron chi connectivity index (χ1n) is 11.3. The summed E-state index contributed by atoms with van der Waals surface area (Å²) in [4.78, 5) is 14.8. The number of halogens is 1. The Morgan fingerprint density at radius 3 is 2.71 bits per heavy atom. The first-order valence-corrected chi connectivity index (χ1v) is 12.1. The molecule has 34 heavy (non-hydrogen) atoms. The first kappa shape index (κ1) is 22.5. The third kappa shape index (κ3) is 4.43. The third-order valence-electron chi connectivity index (χ3n) is 5.69. The Labute approximate surface area is 201 Å². The summed E-state index contributed by atoms with van der Waals surface area (Å²) in [7, 11) is 0. The van der Waals surface area contributed by atoms with E-state index in [0.29, 0.717) is 42.3 Å². The molecular formula is C24H27FN6O2S. The van der Waals surface area contributed by atoms with Crippen LogP contribution < -0.4 is 20.5 Å². The molecule has 0 bridgehead atoms. The SMILES string of the molecule is Cc1ccc(-c2cc3c(cc2Cc2nc4c(N)nc(F)nc4n2CCNCC(C)C)OCO3)s1. The Hall–Kier alpha value is -3.24. The van der Waals surface area contributed by atoms with Crippen molar-refractivity contribution in [2.24, 2.45) is 5.92 Å². The summed E-state index contributed by atoms with van der Waals surface area (Å²) < 4.78 is 27.3. The van der Waals surface area contributed by atoms with Crippen LogP contribution in [0.5, 0.6) is 11.5 Å². The second kappa shape index (κ2) is 9.19. The van der Waals surface area contributed by atoms with Crippen LogP contribution in [0, 0.1) is 18.9 Å². The second-order valence-corrected chi connectivity index (χ2v) is 10.1. The largest absolute Gasteiger partial charge is 0.454 e. The first-order chi connectivity index (χ1) is 16.4. The number of nitrogen functional groups attached to an aromatic ring is 1. The molecule has 10 heteroatoms. The zero-order valence-electron chi connectivity index (χ0n) is 19.4. The van der Waals surface area contributed by atoms with Crippen molar-refractivity contribution >= 4 is 28.3 Å². The third-order valence-corrected chi connectivity index (χ3v) is 6.72. The number of thiophene rings is 1. The van der Waals surface area contributed by atoms with Crippen molar-refractivity contribution in [3.8, 4) is 21.9 Å². The topological polar surface area (TPSA) is 100 Å². The number of nitrogens with one attached hydrogen (secondary N) is 1. The van der Waals surface area contributed by atoms with E-state index in [4.69, 9.17) is 20.2 Å². The predicted molar refractivity (Wildman–Crippen MR) is 131 cm³/mol. The lowest BCUT2D eigenvalue weighted by molar-refractivity contribution is 0.174. The van der Waals surface area contributed by atoms with E-state index in [1.807, 2.05) is 16.7 Å². The lowest BCUT2D eigenvalue weighted by Crippen LogP contribution is -2.25. The molecule has 8 nitrogen and oxygen atoms in total. The molecule has 0 saturated heterocycles. The van der Waals surface area contributed by atoms with Gasteiger partial charge in [-0.2, -0.15) is 14.4 Å². The molecule has 0 fully saturated rings. The van der Waals surface area contributed by atoms with Crippen molar-refractivity contribution in [1.82, 2.24) is 24.8 Å². The van der Waals surface area contributed by atoms with Crippen molar-refractivity contribution < 1.29 is 13.9 Å². The number of fused-ring (bicyclic) bond motifs is 2. The van der Waals surface area contributed by atoms with E-state index < -0.39 is 6.08 Å². The van der Waals surface area contributed by atoms with E-state index in [0.717, 1.165) is 34.1 Å². The highest BCUT2D eigenvalue weighted by Crippen LogP contribution is 2.41. The molecule has 0 unspecified atom stereocenters. The highest BCUT2D eigenvalue weighted by molar-refractivity contribution is 7.15. The Morgan fingerprint density at radius 2 is 1.97 bits per heavy atom. The minimum atomic E-state index is -0.856. The monoisotopic (exact) mass is 482 g/mol. The van der Waals surface area contributed by atoms with Gasteiger partial charge in [0.25, 0.3) is 0 Å². The van der Waals surface area contributed by atoms with Gasteiger partial charge < -0.3 is 25.1 Å². The number of benzene rings is 1. The van der Waals surface area contributed by atoms with Gasteiger partial charge in [-0.25, -0.2) is 4.98 Å². The number of hydrogen-bond donors (Lipinski definition) is 2. The average Bonchev–Trinajstić information content (AvgIpc) is 3.49. The lowest BCUT2D eigenvalue weighted by Gasteiger charge is -2.13. The molecule has 178 valence electrons. The van der Waals surface area contributed by atoms with Crippen LogP contribution in [0.25, 0.3) is 21.6 Å². The zero-order chi connectivity index (χ0) is 23.8. The van der Waals surface area contributed by atoms with Crippen LogP contribution in [0.3, 0.4) is 0 Å². The molecule has 0 spiro atoms. The Kier molecular flexibility index (Phi) is 6.09. The van der Waals surface area contributed by atoms with Gasteiger partial charge in [-0.1, -0.05) is 13.8 Å². The Morgan fingerprint density at radius 1 is 1.18 bits per heavy atom. The molecule has 0 radical (unpaired) electrons. The van der Waals surface area contributed by atoms with Crippen LogP contribution in [0.15, 0.2) is 24.3 Å². The highest BCUT2D eigenvalue weighted by atomic mass is 32.1. The van der Waals surface area contributed by atoms with Crippen LogP contribution >= 0.6 is 11.3 Å². The Bertz CT molecular complexity index is 1350. The number of rotatable bonds is 8. The zero-order valence-corrected chi connectivity index (χ0v) is 20.2. The molecular weight excluding hydrogens is 455 g/mol. The van der Waals surface area contributed by atoms with E-state index in [2.05, 4.69) is 48.2 Å².